The summed E-state index contributed by atoms with van der Waals surface area (Å²) in [4.78, 5) is 51.6. The molecule has 9 heteroatoms. The lowest BCUT2D eigenvalue weighted by atomic mass is 9.94. The van der Waals surface area contributed by atoms with Gasteiger partial charge in [0.25, 0.3) is 0 Å². The second-order valence-electron chi connectivity index (χ2n) is 9.49. The van der Waals surface area contributed by atoms with Crippen LogP contribution < -0.4 is 16.8 Å². The van der Waals surface area contributed by atoms with Crippen molar-refractivity contribution in [1.82, 2.24) is 10.2 Å². The molecule has 0 heterocycles. The van der Waals surface area contributed by atoms with Gasteiger partial charge in [-0.2, -0.15) is 0 Å². The molecule has 4 amide bonds. The summed E-state index contributed by atoms with van der Waals surface area (Å²) in [5, 5.41) is 12.5. The summed E-state index contributed by atoms with van der Waals surface area (Å²) in [6.45, 7) is 6.13. The molecule has 0 saturated heterocycles. The van der Waals surface area contributed by atoms with Gasteiger partial charge in [0.15, 0.2) is 0 Å². The van der Waals surface area contributed by atoms with Crippen LogP contribution in [0.1, 0.15) is 84.1 Å². The van der Waals surface area contributed by atoms with E-state index in [0.717, 1.165) is 24.8 Å². The Kier molecular flexibility index (Phi) is 14.2. The van der Waals surface area contributed by atoms with Crippen LogP contribution in [0.3, 0.4) is 0 Å². The molecule has 0 spiro atoms. The zero-order chi connectivity index (χ0) is 27.1. The molecule has 3 atom stereocenters. The highest BCUT2D eigenvalue weighted by atomic mass is 16.3. The maximum absolute atomic E-state index is 13.9. The molecule has 9 nitrogen and oxygen atoms in total. The smallest absolute Gasteiger partial charge is 0.246 e. The highest BCUT2D eigenvalue weighted by Gasteiger charge is 2.35. The second-order valence-corrected chi connectivity index (χ2v) is 9.49. The molecule has 0 saturated carbocycles. The summed E-state index contributed by atoms with van der Waals surface area (Å²) in [5.74, 6) is -1.63. The number of benzene rings is 1. The number of hydrogen-bond acceptors (Lipinski definition) is 5. The van der Waals surface area contributed by atoms with Crippen molar-refractivity contribution in [3.63, 3.8) is 0 Å². The minimum absolute atomic E-state index is 0.105. The van der Waals surface area contributed by atoms with Crippen molar-refractivity contribution in [2.45, 2.75) is 97.1 Å². The molecule has 1 aromatic rings. The van der Waals surface area contributed by atoms with Crippen LogP contribution in [0.2, 0.25) is 0 Å². The van der Waals surface area contributed by atoms with E-state index in [1.165, 1.54) is 17.0 Å². The van der Waals surface area contributed by atoms with Gasteiger partial charge < -0.3 is 26.8 Å². The number of nitrogens with one attached hydrogen (secondary N) is 1. The molecule has 36 heavy (non-hydrogen) atoms. The van der Waals surface area contributed by atoms with Crippen molar-refractivity contribution >= 4 is 23.6 Å². The molecule has 1 rings (SSSR count). The van der Waals surface area contributed by atoms with Crippen molar-refractivity contribution in [2.24, 2.45) is 17.4 Å². The number of primary amides is 2. The molecule has 0 unspecified atom stereocenters. The van der Waals surface area contributed by atoms with E-state index in [1.54, 1.807) is 12.1 Å². The number of rotatable bonds is 18. The van der Waals surface area contributed by atoms with Crippen LogP contribution >= 0.6 is 0 Å². The quantitative estimate of drug-likeness (QED) is 0.226. The highest BCUT2D eigenvalue weighted by Crippen LogP contribution is 2.20. The first-order valence-electron chi connectivity index (χ1n) is 13.1. The lowest BCUT2D eigenvalue weighted by molar-refractivity contribution is -0.144. The monoisotopic (exact) mass is 504 g/mol. The Morgan fingerprint density at radius 1 is 0.944 bits per heavy atom. The second kappa shape index (κ2) is 16.5. The molecular weight excluding hydrogens is 460 g/mol. The van der Waals surface area contributed by atoms with Crippen LogP contribution in [0.25, 0.3) is 0 Å². The van der Waals surface area contributed by atoms with Gasteiger partial charge in [0.2, 0.25) is 23.6 Å². The first-order chi connectivity index (χ1) is 17.1. The number of carbonyl (C=O) groups excluding carboxylic acids is 4. The van der Waals surface area contributed by atoms with Crippen molar-refractivity contribution in [1.29, 1.82) is 0 Å². The summed E-state index contributed by atoms with van der Waals surface area (Å²) in [7, 11) is 0. The zero-order valence-electron chi connectivity index (χ0n) is 22.0. The van der Waals surface area contributed by atoms with E-state index in [2.05, 4.69) is 12.2 Å². The van der Waals surface area contributed by atoms with Crippen LogP contribution in [0.5, 0.6) is 5.75 Å². The lowest BCUT2D eigenvalue weighted by Gasteiger charge is -2.36. The Hall–Kier alpha value is -3.10. The van der Waals surface area contributed by atoms with Crippen molar-refractivity contribution in [3.05, 3.63) is 29.8 Å². The van der Waals surface area contributed by atoms with Gasteiger partial charge in [0, 0.05) is 25.8 Å². The van der Waals surface area contributed by atoms with Crippen LogP contribution in [-0.2, 0) is 25.6 Å². The summed E-state index contributed by atoms with van der Waals surface area (Å²) >= 11 is 0. The van der Waals surface area contributed by atoms with E-state index >= 15 is 0 Å². The molecule has 0 aliphatic carbocycles. The van der Waals surface area contributed by atoms with Crippen molar-refractivity contribution in [2.75, 3.05) is 6.54 Å². The first kappa shape index (κ1) is 30.9. The SMILES string of the molecule is CCCCCC(=O)N[C@@H](Cc1ccc(O)cc1)C(=O)N(CCCCCC(N)=O)[C@H](C(N)=O)[C@@H](C)CC. The maximum atomic E-state index is 13.9. The van der Waals surface area contributed by atoms with Gasteiger partial charge in [-0.05, 0) is 42.9 Å². The van der Waals surface area contributed by atoms with Crippen LogP contribution in [0.4, 0.5) is 0 Å². The summed E-state index contributed by atoms with van der Waals surface area (Å²) in [6.07, 6.45) is 5.85. The molecular formula is C27H44N4O5. The van der Waals surface area contributed by atoms with Gasteiger partial charge in [-0.3, -0.25) is 19.2 Å². The summed E-state index contributed by atoms with van der Waals surface area (Å²) in [5.41, 5.74) is 11.7. The van der Waals surface area contributed by atoms with Crippen LogP contribution in [0, 0.1) is 5.92 Å². The molecule has 0 radical (unpaired) electrons. The third-order valence-electron chi connectivity index (χ3n) is 6.43. The maximum Gasteiger partial charge on any atom is 0.246 e. The summed E-state index contributed by atoms with van der Waals surface area (Å²) < 4.78 is 0. The van der Waals surface area contributed by atoms with E-state index in [0.29, 0.717) is 32.1 Å². The molecule has 0 bridgehead atoms. The number of aromatic hydroxyl groups is 1. The van der Waals surface area contributed by atoms with E-state index in [1.807, 2.05) is 13.8 Å². The van der Waals surface area contributed by atoms with E-state index in [-0.39, 0.29) is 48.8 Å². The standard InChI is InChI=1S/C27H44N4O5/c1-4-6-8-12-24(34)30-22(18-20-13-15-21(32)16-14-20)27(36)31(17-10-7-9-11-23(28)33)25(26(29)35)19(3)5-2/h13-16,19,22,25,32H,4-12,17-18H2,1-3H3,(H2,28,33)(H2,29,35)(H,30,34)/t19-,22-,25-/m0/s1. The van der Waals surface area contributed by atoms with Gasteiger partial charge in [0.1, 0.15) is 17.8 Å². The number of unbranched alkanes of at least 4 members (excludes halogenated alkanes) is 4. The van der Waals surface area contributed by atoms with Gasteiger partial charge in [0.05, 0.1) is 0 Å². The van der Waals surface area contributed by atoms with Crippen molar-refractivity contribution < 1.29 is 24.3 Å². The number of phenols is 1. The fourth-order valence-corrected chi connectivity index (χ4v) is 4.18. The van der Waals surface area contributed by atoms with Crippen molar-refractivity contribution in [3.8, 4) is 5.75 Å². The minimum atomic E-state index is -0.889. The average molecular weight is 505 g/mol. The number of carbonyl (C=O) groups is 4. The normalized spacial score (nSPS) is 13.4. The Morgan fingerprint density at radius 3 is 2.14 bits per heavy atom. The Bertz CT molecular complexity index is 843. The molecule has 0 fully saturated rings. The highest BCUT2D eigenvalue weighted by molar-refractivity contribution is 5.92. The van der Waals surface area contributed by atoms with Crippen LogP contribution in [0.15, 0.2) is 24.3 Å². The Labute approximate surface area is 215 Å². The average Bonchev–Trinajstić information content (AvgIpc) is 2.83. The molecule has 0 aliphatic heterocycles. The molecule has 202 valence electrons. The molecule has 0 aliphatic rings. The van der Waals surface area contributed by atoms with Gasteiger partial charge in [-0.15, -0.1) is 0 Å². The predicted molar refractivity (Wildman–Crippen MR) is 140 cm³/mol. The summed E-state index contributed by atoms with van der Waals surface area (Å²) in [6, 6.07) is 4.75. The number of hydrogen-bond donors (Lipinski definition) is 4. The number of amides is 4. The third-order valence-corrected chi connectivity index (χ3v) is 6.43. The molecule has 6 N–H and O–H groups in total. The molecule has 0 aromatic heterocycles. The largest absolute Gasteiger partial charge is 0.508 e. The minimum Gasteiger partial charge on any atom is -0.508 e. The Balaban J connectivity index is 3.20. The fraction of sp³-hybridized carbons (Fsp3) is 0.630. The Morgan fingerprint density at radius 2 is 1.58 bits per heavy atom. The molecule has 1 aromatic carbocycles. The number of nitrogens with zero attached hydrogens (tertiary/aromatic N) is 1. The lowest BCUT2D eigenvalue weighted by Crippen LogP contribution is -2.58. The van der Waals surface area contributed by atoms with E-state index in [4.69, 9.17) is 11.5 Å². The van der Waals surface area contributed by atoms with Crippen LogP contribution in [-0.4, -0.2) is 52.3 Å². The van der Waals surface area contributed by atoms with E-state index in [9.17, 15) is 24.3 Å². The topological polar surface area (TPSA) is 156 Å². The first-order valence-corrected chi connectivity index (χ1v) is 13.1. The zero-order valence-corrected chi connectivity index (χ0v) is 22.0. The van der Waals surface area contributed by atoms with Gasteiger partial charge >= 0.3 is 0 Å². The predicted octanol–water partition coefficient (Wildman–Crippen LogP) is 2.77. The van der Waals surface area contributed by atoms with E-state index < -0.39 is 18.0 Å². The third kappa shape index (κ3) is 11.1. The fourth-order valence-electron chi connectivity index (χ4n) is 4.18. The number of nitrogens with two attached hydrogens (primary N) is 2. The number of phenolic OH excluding ortho intramolecular Hbond substituents is 1. The van der Waals surface area contributed by atoms with Gasteiger partial charge in [-0.1, -0.05) is 58.6 Å². The van der Waals surface area contributed by atoms with Gasteiger partial charge in [-0.25, -0.2) is 0 Å².